The van der Waals surface area contributed by atoms with Crippen LogP contribution in [0.1, 0.15) is 45.1 Å². The van der Waals surface area contributed by atoms with Gasteiger partial charge in [0.15, 0.2) is 6.61 Å². The molecule has 0 aromatic heterocycles. The van der Waals surface area contributed by atoms with Gasteiger partial charge in [0, 0.05) is 24.8 Å². The standard InChI is InChI=1S/C31H38N2O6S2/c1-5-7-17-31(6-2)22-32(24-11-9-8-10-12-24)26-18-28(40-4)27(39-21-30(34)35)19-29(26)41(36,37)33(31)20-23-13-15-25(38-3)16-14-23/h8-16,18-19H,5-7,17,20-22H2,1-4H3,(H,34,35). The van der Waals surface area contributed by atoms with Gasteiger partial charge in [-0.3, -0.25) is 0 Å². The second kappa shape index (κ2) is 13.2. The first-order chi connectivity index (χ1) is 19.7. The van der Waals surface area contributed by atoms with E-state index in [2.05, 4.69) is 18.7 Å². The van der Waals surface area contributed by atoms with Crippen molar-refractivity contribution in [3.8, 4) is 11.5 Å². The Labute approximate surface area is 247 Å². The van der Waals surface area contributed by atoms with Gasteiger partial charge in [-0.2, -0.15) is 4.31 Å². The minimum Gasteiger partial charge on any atom is -0.497 e. The molecule has 0 radical (unpaired) electrons. The topological polar surface area (TPSA) is 96.4 Å². The fourth-order valence-corrected chi connectivity index (χ4v) is 7.94. The zero-order valence-electron chi connectivity index (χ0n) is 24.0. The lowest BCUT2D eigenvalue weighted by Crippen LogP contribution is -2.54. The Morgan fingerprint density at radius 1 is 1.07 bits per heavy atom. The number of carboxylic acid groups (broad SMARTS) is 1. The van der Waals surface area contributed by atoms with Crippen molar-refractivity contribution in [2.75, 3.05) is 31.4 Å². The second-order valence-corrected chi connectivity index (χ2v) is 12.8. The van der Waals surface area contributed by atoms with E-state index >= 15 is 0 Å². The first-order valence-corrected chi connectivity index (χ1v) is 16.4. The summed E-state index contributed by atoms with van der Waals surface area (Å²) in [6, 6.07) is 20.6. The lowest BCUT2D eigenvalue weighted by molar-refractivity contribution is -0.139. The second-order valence-electron chi connectivity index (χ2n) is 10.1. The van der Waals surface area contributed by atoms with Crippen molar-refractivity contribution in [3.63, 3.8) is 0 Å². The summed E-state index contributed by atoms with van der Waals surface area (Å²) in [4.78, 5) is 14.2. The zero-order valence-corrected chi connectivity index (χ0v) is 25.6. The quantitative estimate of drug-likeness (QED) is 0.234. The van der Waals surface area contributed by atoms with E-state index in [0.29, 0.717) is 35.7 Å². The van der Waals surface area contributed by atoms with Crippen LogP contribution >= 0.6 is 11.8 Å². The van der Waals surface area contributed by atoms with Crippen molar-refractivity contribution < 1.29 is 27.8 Å². The maximum atomic E-state index is 14.9. The Kier molecular flexibility index (Phi) is 9.88. The first kappa shape index (κ1) is 30.7. The molecule has 0 spiro atoms. The van der Waals surface area contributed by atoms with Crippen LogP contribution in [-0.4, -0.2) is 55.9 Å². The summed E-state index contributed by atoms with van der Waals surface area (Å²) in [5.74, 6) is -0.200. The smallest absolute Gasteiger partial charge is 0.341 e. The van der Waals surface area contributed by atoms with Crippen LogP contribution in [-0.2, 0) is 21.4 Å². The molecule has 10 heteroatoms. The molecule has 0 bridgehead atoms. The summed E-state index contributed by atoms with van der Waals surface area (Å²) >= 11 is 1.39. The Bertz CT molecular complexity index is 1450. The number of nitrogens with zero attached hydrogens (tertiary/aromatic N) is 2. The highest BCUT2D eigenvalue weighted by Crippen LogP contribution is 2.47. The normalized spacial score (nSPS) is 18.4. The monoisotopic (exact) mass is 598 g/mol. The third-order valence-electron chi connectivity index (χ3n) is 7.64. The maximum Gasteiger partial charge on any atom is 0.341 e. The summed E-state index contributed by atoms with van der Waals surface area (Å²) in [6.45, 7) is 4.24. The summed E-state index contributed by atoms with van der Waals surface area (Å²) in [7, 11) is -2.49. The van der Waals surface area contributed by atoms with Gasteiger partial charge in [-0.1, -0.05) is 57.0 Å². The Morgan fingerprint density at radius 2 is 1.78 bits per heavy atom. The van der Waals surface area contributed by atoms with Crippen LogP contribution in [0.3, 0.4) is 0 Å². The van der Waals surface area contributed by atoms with Crippen molar-refractivity contribution in [1.29, 1.82) is 0 Å². The molecular formula is C31H38N2O6S2. The van der Waals surface area contributed by atoms with Crippen LogP contribution in [0.2, 0.25) is 0 Å². The van der Waals surface area contributed by atoms with Gasteiger partial charge in [-0.15, -0.1) is 11.8 Å². The highest BCUT2D eigenvalue weighted by Gasteiger charge is 2.48. The molecule has 41 heavy (non-hydrogen) atoms. The van der Waals surface area contributed by atoms with Crippen molar-refractivity contribution in [3.05, 3.63) is 72.3 Å². The molecule has 1 N–H and O–H groups in total. The van der Waals surface area contributed by atoms with Crippen molar-refractivity contribution >= 4 is 39.1 Å². The van der Waals surface area contributed by atoms with Crippen molar-refractivity contribution in [2.45, 2.75) is 61.4 Å². The molecule has 3 aromatic carbocycles. The number of fused-ring (bicyclic) bond motifs is 1. The number of carbonyl (C=O) groups is 1. The molecule has 0 saturated heterocycles. The highest BCUT2D eigenvalue weighted by atomic mass is 32.2. The van der Waals surface area contributed by atoms with Gasteiger partial charge >= 0.3 is 5.97 Å². The number of sulfonamides is 1. The van der Waals surface area contributed by atoms with E-state index in [1.165, 1.54) is 17.8 Å². The van der Waals surface area contributed by atoms with Crippen LogP contribution in [0, 0.1) is 0 Å². The molecule has 4 rings (SSSR count). The van der Waals surface area contributed by atoms with Crippen LogP contribution in [0.5, 0.6) is 11.5 Å². The van der Waals surface area contributed by atoms with E-state index in [4.69, 9.17) is 9.47 Å². The lowest BCUT2D eigenvalue weighted by atomic mass is 9.88. The molecule has 0 amide bonds. The van der Waals surface area contributed by atoms with Crippen molar-refractivity contribution in [1.82, 2.24) is 4.31 Å². The fourth-order valence-electron chi connectivity index (χ4n) is 5.35. The third kappa shape index (κ3) is 6.50. The largest absolute Gasteiger partial charge is 0.497 e. The van der Waals surface area contributed by atoms with Gasteiger partial charge < -0.3 is 19.5 Å². The lowest BCUT2D eigenvalue weighted by Gasteiger charge is -2.43. The number of benzene rings is 3. The summed E-state index contributed by atoms with van der Waals surface area (Å²) < 4.78 is 42.3. The molecule has 1 atom stereocenters. The van der Waals surface area contributed by atoms with E-state index in [0.717, 1.165) is 24.1 Å². The van der Waals surface area contributed by atoms with Gasteiger partial charge in [-0.05, 0) is 55.0 Å². The number of para-hydroxylation sites is 1. The molecule has 0 fully saturated rings. The number of thioether (sulfide) groups is 1. The summed E-state index contributed by atoms with van der Waals surface area (Å²) in [5, 5.41) is 9.27. The van der Waals surface area contributed by atoms with Gasteiger partial charge in [0.1, 0.15) is 16.4 Å². The van der Waals surface area contributed by atoms with Crippen molar-refractivity contribution in [2.24, 2.45) is 0 Å². The molecule has 1 aliphatic rings. The van der Waals surface area contributed by atoms with E-state index in [-0.39, 0.29) is 17.2 Å². The highest BCUT2D eigenvalue weighted by molar-refractivity contribution is 7.98. The minimum absolute atomic E-state index is 0.0971. The number of aliphatic carboxylic acids is 1. The number of carboxylic acids is 1. The molecule has 220 valence electrons. The number of hydrogen-bond donors (Lipinski definition) is 1. The van der Waals surface area contributed by atoms with Crippen LogP contribution in [0.4, 0.5) is 11.4 Å². The van der Waals surface area contributed by atoms with Gasteiger partial charge in [0.25, 0.3) is 0 Å². The Morgan fingerprint density at radius 3 is 2.37 bits per heavy atom. The predicted octanol–water partition coefficient (Wildman–Crippen LogP) is 6.56. The SMILES string of the molecule is CCCCC1(CC)CN(c2ccccc2)c2cc(SC)c(OCC(=O)O)cc2S(=O)(=O)N1Cc1ccc(OC)cc1. The summed E-state index contributed by atoms with van der Waals surface area (Å²) in [6.07, 6.45) is 4.95. The number of unbranched alkanes of at least 4 members (excludes halogenated alkanes) is 1. The molecule has 1 heterocycles. The van der Waals surface area contributed by atoms with Gasteiger partial charge in [-0.25, -0.2) is 13.2 Å². The van der Waals surface area contributed by atoms with E-state index in [1.54, 1.807) is 11.4 Å². The molecule has 1 unspecified atom stereocenters. The number of hydrogen-bond acceptors (Lipinski definition) is 7. The Hall–Kier alpha value is -3.21. The number of methoxy groups -OCH3 is 1. The van der Waals surface area contributed by atoms with E-state index < -0.39 is 28.1 Å². The molecular weight excluding hydrogens is 560 g/mol. The van der Waals surface area contributed by atoms with E-state index in [1.807, 2.05) is 66.9 Å². The predicted molar refractivity (Wildman–Crippen MR) is 163 cm³/mol. The van der Waals surface area contributed by atoms with Gasteiger partial charge in [0.2, 0.25) is 10.0 Å². The molecule has 0 saturated carbocycles. The zero-order chi connectivity index (χ0) is 29.6. The average Bonchev–Trinajstić information content (AvgIpc) is 3.06. The van der Waals surface area contributed by atoms with Crippen LogP contribution in [0.25, 0.3) is 0 Å². The van der Waals surface area contributed by atoms with Gasteiger partial charge in [0.05, 0.1) is 23.2 Å². The number of ether oxygens (including phenoxy) is 2. The molecule has 8 nitrogen and oxygen atoms in total. The molecule has 0 aliphatic carbocycles. The molecule has 1 aliphatic heterocycles. The number of rotatable bonds is 12. The third-order valence-corrected chi connectivity index (χ3v) is 10.4. The molecule has 3 aromatic rings. The van der Waals surface area contributed by atoms with Crippen LogP contribution in [0.15, 0.2) is 76.5 Å². The minimum atomic E-state index is -4.09. The van der Waals surface area contributed by atoms with Crippen LogP contribution < -0.4 is 14.4 Å². The maximum absolute atomic E-state index is 14.9. The summed E-state index contributed by atoms with van der Waals surface area (Å²) in [5.41, 5.74) is 1.57. The first-order valence-electron chi connectivity index (χ1n) is 13.7. The number of anilines is 2. The Balaban J connectivity index is 1.99. The fraction of sp³-hybridized carbons (Fsp3) is 0.387. The van der Waals surface area contributed by atoms with E-state index in [9.17, 15) is 18.3 Å². The average molecular weight is 599 g/mol.